The molecule has 2 heterocycles. The van der Waals surface area contributed by atoms with Crippen molar-refractivity contribution in [2.45, 2.75) is 19.4 Å². The smallest absolute Gasteiger partial charge is 0.257 e. The number of likely N-dealkylation sites (tertiary alicyclic amines) is 1. The molecule has 0 unspecified atom stereocenters. The molecule has 96 valence electrons. The Morgan fingerprint density at radius 1 is 1.44 bits per heavy atom. The molecule has 2 N–H and O–H groups in total. The Bertz CT molecular complexity index is 487. The monoisotopic (exact) mass is 246 g/mol. The van der Waals surface area contributed by atoms with Crippen LogP contribution in [0.5, 0.6) is 5.75 Å². The summed E-state index contributed by atoms with van der Waals surface area (Å²) in [5.74, 6) is 0.639. The second-order valence-electron chi connectivity index (χ2n) is 5.29. The second-order valence-corrected chi connectivity index (χ2v) is 5.29. The van der Waals surface area contributed by atoms with E-state index in [1.807, 2.05) is 17.9 Å². The van der Waals surface area contributed by atoms with Crippen LogP contribution in [-0.2, 0) is 0 Å². The zero-order chi connectivity index (χ0) is 12.7. The Morgan fingerprint density at radius 3 is 3.06 bits per heavy atom. The molecule has 2 saturated heterocycles. The summed E-state index contributed by atoms with van der Waals surface area (Å²) in [7, 11) is 0. The van der Waals surface area contributed by atoms with E-state index in [-0.39, 0.29) is 11.7 Å². The van der Waals surface area contributed by atoms with Crippen LogP contribution in [0.25, 0.3) is 0 Å². The van der Waals surface area contributed by atoms with Gasteiger partial charge in [0.25, 0.3) is 5.91 Å². The first-order valence-electron chi connectivity index (χ1n) is 6.48. The average molecular weight is 246 g/mol. The van der Waals surface area contributed by atoms with Crippen molar-refractivity contribution in [1.82, 2.24) is 10.2 Å². The predicted molar refractivity (Wildman–Crippen MR) is 68.6 cm³/mol. The van der Waals surface area contributed by atoms with E-state index in [1.54, 1.807) is 12.1 Å². The van der Waals surface area contributed by atoms with Gasteiger partial charge in [0.1, 0.15) is 5.75 Å². The first kappa shape index (κ1) is 11.5. The molecule has 0 aliphatic carbocycles. The van der Waals surface area contributed by atoms with Crippen LogP contribution >= 0.6 is 0 Å². The number of nitrogens with zero attached hydrogens (tertiary/aromatic N) is 1. The molecule has 2 atom stereocenters. The van der Waals surface area contributed by atoms with E-state index in [1.165, 1.54) is 0 Å². The first-order chi connectivity index (χ1) is 8.66. The van der Waals surface area contributed by atoms with Gasteiger partial charge in [-0.3, -0.25) is 4.79 Å². The van der Waals surface area contributed by atoms with Gasteiger partial charge in [0.15, 0.2) is 0 Å². The van der Waals surface area contributed by atoms with E-state index in [0.717, 1.165) is 31.6 Å². The lowest BCUT2D eigenvalue weighted by Crippen LogP contribution is -2.39. The van der Waals surface area contributed by atoms with E-state index in [9.17, 15) is 9.90 Å². The Balaban J connectivity index is 1.86. The zero-order valence-corrected chi connectivity index (χ0v) is 10.5. The minimum atomic E-state index is -0.0382. The molecule has 0 aromatic heterocycles. The highest BCUT2D eigenvalue weighted by atomic mass is 16.3. The predicted octanol–water partition coefficient (Wildman–Crippen LogP) is 1.13. The van der Waals surface area contributed by atoms with Crippen LogP contribution in [0, 0.1) is 12.8 Å². The van der Waals surface area contributed by atoms with Crippen LogP contribution in [0.4, 0.5) is 0 Å². The highest BCUT2D eigenvalue weighted by Crippen LogP contribution is 2.30. The quantitative estimate of drug-likeness (QED) is 0.781. The lowest BCUT2D eigenvalue weighted by atomic mass is 10.0. The zero-order valence-electron chi connectivity index (χ0n) is 10.5. The first-order valence-corrected chi connectivity index (χ1v) is 6.48. The molecular weight excluding hydrogens is 228 g/mol. The maximum absolute atomic E-state index is 12.5. The summed E-state index contributed by atoms with van der Waals surface area (Å²) in [5, 5.41) is 13.2. The molecule has 0 bridgehead atoms. The number of aromatic hydroxyl groups is 1. The van der Waals surface area contributed by atoms with Gasteiger partial charge in [0.2, 0.25) is 0 Å². The molecule has 1 aromatic rings. The van der Waals surface area contributed by atoms with E-state index in [2.05, 4.69) is 5.32 Å². The SMILES string of the molecule is Cc1ccc(C(=O)N2CC[C@@H]3CNC[C@@H]32)c(O)c1. The molecule has 0 saturated carbocycles. The van der Waals surface area contributed by atoms with Crippen LogP contribution < -0.4 is 5.32 Å². The summed E-state index contributed by atoms with van der Waals surface area (Å²) >= 11 is 0. The normalized spacial score (nSPS) is 26.4. The van der Waals surface area contributed by atoms with Gasteiger partial charge in [-0.15, -0.1) is 0 Å². The summed E-state index contributed by atoms with van der Waals surface area (Å²) in [5.41, 5.74) is 1.39. The highest BCUT2D eigenvalue weighted by Gasteiger charge is 2.40. The van der Waals surface area contributed by atoms with Crippen molar-refractivity contribution in [3.05, 3.63) is 29.3 Å². The summed E-state index contributed by atoms with van der Waals surface area (Å²) in [6.07, 6.45) is 1.07. The summed E-state index contributed by atoms with van der Waals surface area (Å²) in [4.78, 5) is 14.4. The number of rotatable bonds is 1. The van der Waals surface area contributed by atoms with Gasteiger partial charge >= 0.3 is 0 Å². The van der Waals surface area contributed by atoms with Crippen molar-refractivity contribution in [1.29, 1.82) is 0 Å². The number of phenols is 1. The van der Waals surface area contributed by atoms with Gasteiger partial charge in [-0.2, -0.15) is 0 Å². The number of carbonyl (C=O) groups is 1. The molecule has 1 aromatic carbocycles. The minimum Gasteiger partial charge on any atom is -0.507 e. The van der Waals surface area contributed by atoms with Crippen LogP contribution in [0.3, 0.4) is 0 Å². The second kappa shape index (κ2) is 4.28. The van der Waals surface area contributed by atoms with Crippen LogP contribution in [0.2, 0.25) is 0 Å². The van der Waals surface area contributed by atoms with Crippen LogP contribution in [0.1, 0.15) is 22.3 Å². The maximum Gasteiger partial charge on any atom is 0.257 e. The number of nitrogens with one attached hydrogen (secondary N) is 1. The van der Waals surface area contributed by atoms with Gasteiger partial charge in [-0.05, 0) is 37.0 Å². The number of aryl methyl sites for hydroxylation is 1. The largest absolute Gasteiger partial charge is 0.507 e. The summed E-state index contributed by atoms with van der Waals surface area (Å²) < 4.78 is 0. The molecule has 0 spiro atoms. The lowest BCUT2D eigenvalue weighted by Gasteiger charge is -2.23. The third kappa shape index (κ3) is 1.77. The molecule has 0 radical (unpaired) electrons. The third-order valence-electron chi connectivity index (χ3n) is 4.09. The molecule has 1 amide bonds. The number of hydrogen-bond acceptors (Lipinski definition) is 3. The Hall–Kier alpha value is -1.55. The fourth-order valence-corrected chi connectivity index (χ4v) is 3.08. The molecule has 18 heavy (non-hydrogen) atoms. The number of amides is 1. The number of phenolic OH excluding ortho intramolecular Hbond substituents is 1. The molecule has 3 rings (SSSR count). The van der Waals surface area contributed by atoms with Crippen molar-refractivity contribution < 1.29 is 9.90 Å². The molecule has 2 aliphatic rings. The molecule has 2 aliphatic heterocycles. The van der Waals surface area contributed by atoms with Gasteiger partial charge in [-0.25, -0.2) is 0 Å². The Morgan fingerprint density at radius 2 is 2.28 bits per heavy atom. The minimum absolute atomic E-state index is 0.0382. The highest BCUT2D eigenvalue weighted by molar-refractivity contribution is 5.97. The van der Waals surface area contributed by atoms with E-state index >= 15 is 0 Å². The van der Waals surface area contributed by atoms with Crippen molar-refractivity contribution in [2.75, 3.05) is 19.6 Å². The van der Waals surface area contributed by atoms with Gasteiger partial charge in [-0.1, -0.05) is 6.07 Å². The summed E-state index contributed by atoms with van der Waals surface area (Å²) in [6, 6.07) is 5.54. The lowest BCUT2D eigenvalue weighted by molar-refractivity contribution is 0.0734. The fourth-order valence-electron chi connectivity index (χ4n) is 3.08. The number of benzene rings is 1. The van der Waals surface area contributed by atoms with Crippen molar-refractivity contribution in [2.24, 2.45) is 5.92 Å². The average Bonchev–Trinajstić information content (AvgIpc) is 2.89. The molecular formula is C14H18N2O2. The van der Waals surface area contributed by atoms with Gasteiger partial charge in [0, 0.05) is 25.7 Å². The molecule has 2 fully saturated rings. The Labute approximate surface area is 107 Å². The van der Waals surface area contributed by atoms with Crippen LogP contribution in [-0.4, -0.2) is 41.6 Å². The number of fused-ring (bicyclic) bond motifs is 1. The van der Waals surface area contributed by atoms with E-state index in [0.29, 0.717) is 17.5 Å². The molecule has 4 heteroatoms. The van der Waals surface area contributed by atoms with Crippen molar-refractivity contribution in [3.8, 4) is 5.75 Å². The molecule has 4 nitrogen and oxygen atoms in total. The van der Waals surface area contributed by atoms with E-state index in [4.69, 9.17) is 0 Å². The number of hydrogen-bond donors (Lipinski definition) is 2. The number of carbonyl (C=O) groups excluding carboxylic acids is 1. The van der Waals surface area contributed by atoms with Crippen LogP contribution in [0.15, 0.2) is 18.2 Å². The fraction of sp³-hybridized carbons (Fsp3) is 0.500. The topological polar surface area (TPSA) is 52.6 Å². The standard InChI is InChI=1S/C14H18N2O2/c1-9-2-3-11(13(17)6-9)14(18)16-5-4-10-7-15-8-12(10)16/h2-3,6,10,12,15,17H,4-5,7-8H2,1H3/t10-,12+/m1/s1. The van der Waals surface area contributed by atoms with Gasteiger partial charge < -0.3 is 15.3 Å². The van der Waals surface area contributed by atoms with Gasteiger partial charge in [0.05, 0.1) is 5.56 Å². The third-order valence-corrected chi connectivity index (χ3v) is 4.09. The van der Waals surface area contributed by atoms with Crippen molar-refractivity contribution in [3.63, 3.8) is 0 Å². The summed E-state index contributed by atoms with van der Waals surface area (Å²) in [6.45, 7) is 4.60. The Kier molecular flexibility index (Phi) is 2.74. The van der Waals surface area contributed by atoms with E-state index < -0.39 is 0 Å². The van der Waals surface area contributed by atoms with Crippen molar-refractivity contribution >= 4 is 5.91 Å². The maximum atomic E-state index is 12.5.